The van der Waals surface area contributed by atoms with E-state index in [9.17, 15) is 9.18 Å². The fraction of sp³-hybridized carbons (Fsp3) is 0.583. The number of hydrogen-bond donors (Lipinski definition) is 1. The van der Waals surface area contributed by atoms with Gasteiger partial charge in [-0.15, -0.1) is 0 Å². The van der Waals surface area contributed by atoms with E-state index in [2.05, 4.69) is 5.32 Å². The van der Waals surface area contributed by atoms with E-state index in [0.717, 1.165) is 13.0 Å². The molecular formula is C12H16FNO2. The number of halogens is 1. The van der Waals surface area contributed by atoms with E-state index in [1.807, 2.05) is 6.08 Å². The van der Waals surface area contributed by atoms with Crippen molar-refractivity contribution >= 4 is 5.97 Å². The number of allylic oxidation sites excluding steroid dienone is 4. The van der Waals surface area contributed by atoms with Crippen molar-refractivity contribution in [1.82, 2.24) is 5.32 Å². The van der Waals surface area contributed by atoms with Crippen LogP contribution in [0.4, 0.5) is 4.39 Å². The molecule has 0 spiro atoms. The molecule has 0 aromatic rings. The fourth-order valence-corrected chi connectivity index (χ4v) is 2.50. The molecule has 1 heterocycles. The van der Waals surface area contributed by atoms with Gasteiger partial charge in [-0.3, -0.25) is 4.79 Å². The second-order valence-electron chi connectivity index (χ2n) is 4.26. The molecule has 2 aliphatic rings. The van der Waals surface area contributed by atoms with Gasteiger partial charge in [0.2, 0.25) is 0 Å². The lowest BCUT2D eigenvalue weighted by Gasteiger charge is -2.25. The molecular weight excluding hydrogens is 209 g/mol. The zero-order valence-electron chi connectivity index (χ0n) is 9.28. The summed E-state index contributed by atoms with van der Waals surface area (Å²) in [6.45, 7) is 0.820. The molecule has 0 bridgehead atoms. The van der Waals surface area contributed by atoms with E-state index < -0.39 is 0 Å². The van der Waals surface area contributed by atoms with E-state index in [0.29, 0.717) is 6.42 Å². The van der Waals surface area contributed by atoms with E-state index in [-0.39, 0.29) is 29.7 Å². The quantitative estimate of drug-likeness (QED) is 0.725. The lowest BCUT2D eigenvalue weighted by Crippen LogP contribution is -2.39. The Morgan fingerprint density at radius 2 is 2.44 bits per heavy atom. The van der Waals surface area contributed by atoms with Crippen molar-refractivity contribution in [3.63, 3.8) is 0 Å². The van der Waals surface area contributed by atoms with Crippen LogP contribution in [-0.4, -0.2) is 25.7 Å². The summed E-state index contributed by atoms with van der Waals surface area (Å²) in [7, 11) is 1.40. The summed E-state index contributed by atoms with van der Waals surface area (Å²) in [5, 5.41) is 3.14. The lowest BCUT2D eigenvalue weighted by atomic mass is 9.82. The van der Waals surface area contributed by atoms with Crippen LogP contribution in [-0.2, 0) is 9.53 Å². The summed E-state index contributed by atoms with van der Waals surface area (Å²) < 4.78 is 17.6. The van der Waals surface area contributed by atoms with Gasteiger partial charge in [-0.1, -0.05) is 6.08 Å². The highest BCUT2D eigenvalue weighted by molar-refractivity contribution is 5.76. The Hall–Kier alpha value is -1.16. The van der Waals surface area contributed by atoms with Gasteiger partial charge in [-0.05, 0) is 43.4 Å². The van der Waals surface area contributed by atoms with E-state index in [1.165, 1.54) is 13.2 Å². The SMILES string of the molecule is COC(=O)[C@@H]1NCC[C@@H]1C1C=CC(F)=CC1. The predicted octanol–water partition coefficient (Wildman–Crippen LogP) is 1.57. The highest BCUT2D eigenvalue weighted by atomic mass is 19.1. The lowest BCUT2D eigenvalue weighted by molar-refractivity contribution is -0.144. The number of carbonyl (C=O) groups excluding carboxylic acids is 1. The van der Waals surface area contributed by atoms with Gasteiger partial charge in [0.1, 0.15) is 11.9 Å². The summed E-state index contributed by atoms with van der Waals surface area (Å²) >= 11 is 0. The van der Waals surface area contributed by atoms with Crippen molar-refractivity contribution in [3.8, 4) is 0 Å². The third-order valence-electron chi connectivity index (χ3n) is 3.36. The van der Waals surface area contributed by atoms with E-state index >= 15 is 0 Å². The van der Waals surface area contributed by atoms with Crippen molar-refractivity contribution in [2.45, 2.75) is 18.9 Å². The normalized spacial score (nSPS) is 33.6. The van der Waals surface area contributed by atoms with Gasteiger partial charge in [0.15, 0.2) is 0 Å². The average Bonchev–Trinajstić information content (AvgIpc) is 2.78. The fourth-order valence-electron chi connectivity index (χ4n) is 2.50. The highest BCUT2D eigenvalue weighted by Gasteiger charge is 2.37. The molecule has 1 saturated heterocycles. The Labute approximate surface area is 94.4 Å². The van der Waals surface area contributed by atoms with Gasteiger partial charge in [0, 0.05) is 0 Å². The first kappa shape index (κ1) is 11.3. The number of carbonyl (C=O) groups is 1. The standard InChI is InChI=1S/C12H16FNO2/c1-16-12(15)11-10(6-7-14-11)8-2-4-9(13)5-3-8/h2,4-5,8,10-11,14H,3,6-7H2,1H3/t8?,10-,11-/m1/s1. The summed E-state index contributed by atoms with van der Waals surface area (Å²) in [6.07, 6.45) is 6.54. The van der Waals surface area contributed by atoms with Crippen LogP contribution >= 0.6 is 0 Å². The minimum absolute atomic E-state index is 0.183. The Morgan fingerprint density at radius 1 is 1.62 bits per heavy atom. The second-order valence-corrected chi connectivity index (χ2v) is 4.26. The second kappa shape index (κ2) is 4.78. The molecule has 16 heavy (non-hydrogen) atoms. The van der Waals surface area contributed by atoms with Crippen LogP contribution in [0, 0.1) is 11.8 Å². The van der Waals surface area contributed by atoms with Crippen molar-refractivity contribution in [2.24, 2.45) is 11.8 Å². The van der Waals surface area contributed by atoms with Crippen LogP contribution in [0.1, 0.15) is 12.8 Å². The van der Waals surface area contributed by atoms with E-state index in [4.69, 9.17) is 4.74 Å². The molecule has 2 rings (SSSR count). The van der Waals surface area contributed by atoms with Gasteiger partial charge in [0.05, 0.1) is 7.11 Å². The summed E-state index contributed by atoms with van der Waals surface area (Å²) in [4.78, 5) is 11.5. The Bertz CT molecular complexity index is 338. The van der Waals surface area contributed by atoms with Crippen LogP contribution < -0.4 is 5.32 Å². The maximum atomic E-state index is 12.8. The molecule has 3 nitrogen and oxygen atoms in total. The number of ether oxygens (including phenoxy) is 1. The zero-order valence-corrected chi connectivity index (χ0v) is 9.28. The first-order valence-corrected chi connectivity index (χ1v) is 5.57. The molecule has 4 heteroatoms. The van der Waals surface area contributed by atoms with Crippen molar-refractivity contribution < 1.29 is 13.9 Å². The van der Waals surface area contributed by atoms with Crippen LogP contribution in [0.25, 0.3) is 0 Å². The largest absolute Gasteiger partial charge is 0.468 e. The number of rotatable bonds is 2. The van der Waals surface area contributed by atoms with Crippen molar-refractivity contribution in [3.05, 3.63) is 24.1 Å². The van der Waals surface area contributed by atoms with E-state index in [1.54, 1.807) is 6.08 Å². The first-order chi connectivity index (χ1) is 7.72. The minimum Gasteiger partial charge on any atom is -0.468 e. The Kier molecular flexibility index (Phi) is 3.39. The number of methoxy groups -OCH3 is 1. The predicted molar refractivity (Wildman–Crippen MR) is 58.4 cm³/mol. The average molecular weight is 225 g/mol. The molecule has 1 fully saturated rings. The topological polar surface area (TPSA) is 38.3 Å². The summed E-state index contributed by atoms with van der Waals surface area (Å²) in [5.41, 5.74) is 0. The van der Waals surface area contributed by atoms with Crippen LogP contribution in [0.15, 0.2) is 24.1 Å². The maximum absolute atomic E-state index is 12.8. The first-order valence-electron chi connectivity index (χ1n) is 5.57. The number of hydrogen-bond acceptors (Lipinski definition) is 3. The molecule has 1 aliphatic heterocycles. The molecule has 0 radical (unpaired) electrons. The highest BCUT2D eigenvalue weighted by Crippen LogP contribution is 2.32. The minimum atomic E-state index is -0.241. The zero-order chi connectivity index (χ0) is 11.5. The molecule has 88 valence electrons. The van der Waals surface area contributed by atoms with Crippen LogP contribution in [0.3, 0.4) is 0 Å². The van der Waals surface area contributed by atoms with Gasteiger partial charge in [0.25, 0.3) is 0 Å². The molecule has 1 aliphatic carbocycles. The van der Waals surface area contributed by atoms with Gasteiger partial charge >= 0.3 is 5.97 Å². The molecule has 3 atom stereocenters. The number of nitrogens with one attached hydrogen (secondary N) is 1. The number of esters is 1. The van der Waals surface area contributed by atoms with Crippen molar-refractivity contribution in [2.75, 3.05) is 13.7 Å². The van der Waals surface area contributed by atoms with Gasteiger partial charge in [-0.25, -0.2) is 4.39 Å². The third kappa shape index (κ3) is 2.16. The van der Waals surface area contributed by atoms with Gasteiger partial charge in [-0.2, -0.15) is 0 Å². The molecule has 1 unspecified atom stereocenters. The van der Waals surface area contributed by atoms with Crippen LogP contribution in [0.2, 0.25) is 0 Å². The summed E-state index contributed by atoms with van der Waals surface area (Å²) in [5.74, 6) is 0.0504. The Balaban J connectivity index is 2.04. The van der Waals surface area contributed by atoms with Crippen LogP contribution in [0.5, 0.6) is 0 Å². The third-order valence-corrected chi connectivity index (χ3v) is 3.36. The molecule has 0 saturated carbocycles. The van der Waals surface area contributed by atoms with Gasteiger partial charge < -0.3 is 10.1 Å². The molecule has 0 aromatic carbocycles. The Morgan fingerprint density at radius 3 is 3.06 bits per heavy atom. The molecule has 0 amide bonds. The molecule has 0 aromatic heterocycles. The smallest absolute Gasteiger partial charge is 0.323 e. The molecule has 1 N–H and O–H groups in total. The summed E-state index contributed by atoms with van der Waals surface area (Å²) in [6, 6.07) is -0.241. The monoisotopic (exact) mass is 225 g/mol. The van der Waals surface area contributed by atoms with Crippen molar-refractivity contribution in [1.29, 1.82) is 0 Å². The maximum Gasteiger partial charge on any atom is 0.323 e.